The molecule has 0 radical (unpaired) electrons. The van der Waals surface area contributed by atoms with E-state index in [2.05, 4.69) is 71.0 Å². The Morgan fingerprint density at radius 2 is 1.63 bits per heavy atom. The second-order valence-corrected chi connectivity index (χ2v) is 9.47. The Bertz CT molecular complexity index is 1490. The molecule has 0 aliphatic carbocycles. The van der Waals surface area contributed by atoms with Crippen molar-refractivity contribution in [3.05, 3.63) is 95.9 Å². The molecule has 5 aromatic rings. The van der Waals surface area contributed by atoms with Gasteiger partial charge < -0.3 is 0 Å². The van der Waals surface area contributed by atoms with E-state index in [4.69, 9.17) is 15.0 Å². The van der Waals surface area contributed by atoms with Gasteiger partial charge in [0.15, 0.2) is 0 Å². The molecule has 1 aliphatic rings. The molecule has 174 valence electrons. The summed E-state index contributed by atoms with van der Waals surface area (Å²) in [5.41, 5.74) is 10.4. The predicted molar refractivity (Wildman–Crippen MR) is 141 cm³/mol. The highest BCUT2D eigenvalue weighted by molar-refractivity contribution is 5.82. The van der Waals surface area contributed by atoms with Gasteiger partial charge >= 0.3 is 0 Å². The third-order valence-corrected chi connectivity index (χ3v) is 6.86. The van der Waals surface area contributed by atoms with Gasteiger partial charge in [-0.2, -0.15) is 0 Å². The molecule has 0 atom stereocenters. The van der Waals surface area contributed by atoms with E-state index in [0.717, 1.165) is 57.4 Å². The van der Waals surface area contributed by atoms with E-state index in [1.807, 2.05) is 31.3 Å². The summed E-state index contributed by atoms with van der Waals surface area (Å²) in [4.78, 5) is 17.1. The van der Waals surface area contributed by atoms with Crippen molar-refractivity contribution >= 4 is 5.65 Å². The highest BCUT2D eigenvalue weighted by Crippen LogP contribution is 2.34. The molecule has 0 bridgehead atoms. The summed E-state index contributed by atoms with van der Waals surface area (Å²) < 4.78 is 2.17. The van der Waals surface area contributed by atoms with Gasteiger partial charge in [0.1, 0.15) is 11.3 Å². The predicted octanol–water partition coefficient (Wildman–Crippen LogP) is 6.34. The minimum atomic E-state index is 0.882. The van der Waals surface area contributed by atoms with Gasteiger partial charge in [-0.1, -0.05) is 36.4 Å². The van der Waals surface area contributed by atoms with E-state index in [9.17, 15) is 0 Å². The zero-order chi connectivity index (χ0) is 23.8. The first-order valence-electron chi connectivity index (χ1n) is 12.4. The van der Waals surface area contributed by atoms with E-state index in [0.29, 0.717) is 0 Å². The fraction of sp³-hybridized carbons (Fsp3) is 0.233. The smallest absolute Gasteiger partial charge is 0.140 e. The molecule has 0 N–H and O–H groups in total. The minimum absolute atomic E-state index is 0.882. The number of fused-ring (bicyclic) bond motifs is 1. The topological polar surface area (TPSA) is 46.3 Å². The maximum atomic E-state index is 5.04. The van der Waals surface area contributed by atoms with Crippen molar-refractivity contribution < 1.29 is 0 Å². The molecule has 1 aliphatic heterocycles. The van der Waals surface area contributed by atoms with Crippen molar-refractivity contribution in [3.8, 4) is 33.9 Å². The third kappa shape index (κ3) is 4.24. The van der Waals surface area contributed by atoms with Crippen molar-refractivity contribution in [1.29, 1.82) is 0 Å². The monoisotopic (exact) mass is 459 g/mol. The summed E-state index contributed by atoms with van der Waals surface area (Å²) in [7, 11) is 0. The van der Waals surface area contributed by atoms with Crippen LogP contribution in [-0.2, 0) is 6.54 Å². The van der Waals surface area contributed by atoms with Crippen LogP contribution in [0.15, 0.2) is 79.1 Å². The average Bonchev–Trinajstić information content (AvgIpc) is 3.53. The molecule has 5 heterocycles. The van der Waals surface area contributed by atoms with Crippen LogP contribution in [-0.4, -0.2) is 37.3 Å². The Morgan fingerprint density at radius 1 is 0.800 bits per heavy atom. The lowest BCUT2D eigenvalue weighted by atomic mass is 10.0. The number of hydrogen-bond donors (Lipinski definition) is 0. The molecule has 0 amide bonds. The van der Waals surface area contributed by atoms with Gasteiger partial charge in [0, 0.05) is 35.8 Å². The van der Waals surface area contributed by atoms with E-state index < -0.39 is 0 Å². The van der Waals surface area contributed by atoms with Crippen molar-refractivity contribution in [1.82, 2.24) is 24.3 Å². The summed E-state index contributed by atoms with van der Waals surface area (Å²) in [5, 5.41) is 0. The molecule has 6 rings (SSSR count). The van der Waals surface area contributed by atoms with Crippen LogP contribution in [0.1, 0.15) is 29.7 Å². The van der Waals surface area contributed by atoms with Crippen LogP contribution < -0.4 is 0 Å². The Morgan fingerprint density at radius 3 is 2.43 bits per heavy atom. The first kappa shape index (κ1) is 21.7. The summed E-state index contributed by atoms with van der Waals surface area (Å²) in [6.07, 6.45) is 6.61. The van der Waals surface area contributed by atoms with Gasteiger partial charge in [-0.15, -0.1) is 0 Å². The lowest BCUT2D eigenvalue weighted by Crippen LogP contribution is -2.18. The standard InChI is InChI=1S/C30H29N5/c1-21-7-6-18-35-29(28(33-30(21)35)26-9-5-8-22(2)32-26)25-14-15-31-27(19-25)24-12-10-23(11-13-24)20-34-16-3-4-17-34/h5-15,18-19H,3-4,16-17,20H2,1-2H3. The molecule has 1 aromatic carbocycles. The van der Waals surface area contributed by atoms with Gasteiger partial charge in [-0.25, -0.2) is 4.98 Å². The first-order valence-corrected chi connectivity index (χ1v) is 12.4. The SMILES string of the molecule is Cc1cccc(-c2nc3c(C)cccn3c2-c2ccnc(-c3ccc(CN4CCCC4)cc3)c2)n1. The second-order valence-electron chi connectivity index (χ2n) is 9.47. The highest BCUT2D eigenvalue weighted by atomic mass is 15.1. The fourth-order valence-electron chi connectivity index (χ4n) is 5.05. The second kappa shape index (κ2) is 9.08. The molecule has 5 nitrogen and oxygen atoms in total. The number of nitrogens with zero attached hydrogens (tertiary/aromatic N) is 5. The number of benzene rings is 1. The lowest BCUT2D eigenvalue weighted by Gasteiger charge is -2.14. The van der Waals surface area contributed by atoms with Crippen LogP contribution in [0.4, 0.5) is 0 Å². The molecule has 0 saturated carbocycles. The zero-order valence-electron chi connectivity index (χ0n) is 20.3. The number of hydrogen-bond acceptors (Lipinski definition) is 4. The van der Waals surface area contributed by atoms with Crippen LogP contribution in [0.2, 0.25) is 0 Å². The van der Waals surface area contributed by atoms with Crippen molar-refractivity contribution in [2.45, 2.75) is 33.2 Å². The molecule has 0 unspecified atom stereocenters. The van der Waals surface area contributed by atoms with Gasteiger partial charge in [-0.05, 0) is 81.2 Å². The quantitative estimate of drug-likeness (QED) is 0.308. The molecule has 0 spiro atoms. The summed E-state index contributed by atoms with van der Waals surface area (Å²) in [5.74, 6) is 0. The fourth-order valence-corrected chi connectivity index (χ4v) is 5.05. The molecule has 1 fully saturated rings. The van der Waals surface area contributed by atoms with Crippen LogP contribution in [0.5, 0.6) is 0 Å². The number of pyridine rings is 3. The summed E-state index contributed by atoms with van der Waals surface area (Å²) in [6.45, 7) is 7.57. The average molecular weight is 460 g/mol. The molecule has 5 heteroatoms. The highest BCUT2D eigenvalue weighted by Gasteiger charge is 2.19. The number of rotatable bonds is 5. The maximum Gasteiger partial charge on any atom is 0.140 e. The lowest BCUT2D eigenvalue weighted by molar-refractivity contribution is 0.331. The van der Waals surface area contributed by atoms with E-state index in [-0.39, 0.29) is 0 Å². The maximum absolute atomic E-state index is 5.04. The van der Waals surface area contributed by atoms with Crippen molar-refractivity contribution in [2.24, 2.45) is 0 Å². The normalized spacial score (nSPS) is 14.1. The van der Waals surface area contributed by atoms with Gasteiger partial charge in [0.05, 0.1) is 17.1 Å². The number of aromatic nitrogens is 4. The molecular formula is C30H29N5. The Balaban J connectivity index is 1.42. The van der Waals surface area contributed by atoms with Gasteiger partial charge in [-0.3, -0.25) is 19.3 Å². The van der Waals surface area contributed by atoms with E-state index in [1.54, 1.807) is 0 Å². The van der Waals surface area contributed by atoms with Crippen LogP contribution in [0, 0.1) is 13.8 Å². The Labute approximate surface area is 206 Å². The number of likely N-dealkylation sites (tertiary alicyclic amines) is 1. The first-order chi connectivity index (χ1) is 17.2. The molecule has 1 saturated heterocycles. The van der Waals surface area contributed by atoms with Crippen LogP contribution in [0.25, 0.3) is 39.5 Å². The van der Waals surface area contributed by atoms with Crippen molar-refractivity contribution in [3.63, 3.8) is 0 Å². The van der Waals surface area contributed by atoms with Crippen molar-refractivity contribution in [2.75, 3.05) is 13.1 Å². The Kier molecular flexibility index (Phi) is 5.63. The zero-order valence-corrected chi connectivity index (χ0v) is 20.3. The van der Waals surface area contributed by atoms with Crippen LogP contribution >= 0.6 is 0 Å². The third-order valence-electron chi connectivity index (χ3n) is 6.86. The van der Waals surface area contributed by atoms with E-state index in [1.165, 1.54) is 31.5 Å². The molecule has 4 aromatic heterocycles. The minimum Gasteiger partial charge on any atom is -0.299 e. The van der Waals surface area contributed by atoms with Gasteiger partial charge in [0.25, 0.3) is 0 Å². The largest absolute Gasteiger partial charge is 0.299 e. The number of aryl methyl sites for hydroxylation is 2. The van der Waals surface area contributed by atoms with E-state index >= 15 is 0 Å². The van der Waals surface area contributed by atoms with Crippen LogP contribution in [0.3, 0.4) is 0 Å². The Hall–Kier alpha value is -3.83. The summed E-state index contributed by atoms with van der Waals surface area (Å²) >= 11 is 0. The summed E-state index contributed by atoms with van der Waals surface area (Å²) in [6, 6.07) is 23.4. The number of imidazole rings is 1. The van der Waals surface area contributed by atoms with Gasteiger partial charge in [0.2, 0.25) is 0 Å². The molecular weight excluding hydrogens is 430 g/mol. The molecule has 35 heavy (non-hydrogen) atoms.